The summed E-state index contributed by atoms with van der Waals surface area (Å²) < 4.78 is 22.7. The molecular weight excluding hydrogens is 314 g/mol. The van der Waals surface area contributed by atoms with Gasteiger partial charge in [0.1, 0.15) is 0 Å². The molecule has 1 amide bonds. The molecule has 2 atom stereocenters. The van der Waals surface area contributed by atoms with Crippen LogP contribution in [0.25, 0.3) is 0 Å². The van der Waals surface area contributed by atoms with Crippen molar-refractivity contribution >= 4 is 15.9 Å². The van der Waals surface area contributed by atoms with Gasteiger partial charge in [-0.15, -0.1) is 0 Å². The van der Waals surface area contributed by atoms with E-state index in [4.69, 9.17) is 5.14 Å². The maximum atomic E-state index is 13.1. The largest absolute Gasteiger partial charge is 0.341 e. The van der Waals surface area contributed by atoms with Crippen LogP contribution in [0.15, 0.2) is 0 Å². The molecule has 0 saturated carbocycles. The van der Waals surface area contributed by atoms with Gasteiger partial charge >= 0.3 is 0 Å². The molecule has 2 aliphatic heterocycles. The van der Waals surface area contributed by atoms with Gasteiger partial charge in [0.05, 0.1) is 11.8 Å². The Hall–Kier alpha value is -0.660. The van der Waals surface area contributed by atoms with E-state index in [1.165, 1.54) is 6.42 Å². The van der Waals surface area contributed by atoms with Crippen molar-refractivity contribution in [2.75, 3.05) is 31.9 Å². The molecule has 0 aromatic heterocycles. The van der Waals surface area contributed by atoms with Crippen LogP contribution < -0.4 is 5.14 Å². The van der Waals surface area contributed by atoms with Crippen LogP contribution in [0.5, 0.6) is 0 Å². The zero-order chi connectivity index (χ0) is 17.0. The van der Waals surface area contributed by atoms with E-state index in [1.807, 2.05) is 4.90 Å². The standard InChI is InChI=1S/C16H31N3O3S/c1-13(2)15(18-8-4-3-5-9-18)16(20)19-10-6-7-14(11-19)12-23(17,21)22/h13-15H,3-12H2,1-2H3,(H2,17,21,22)/t14-,15-/m0/s1. The van der Waals surface area contributed by atoms with Gasteiger partial charge in [0.15, 0.2) is 0 Å². The lowest BCUT2D eigenvalue weighted by Gasteiger charge is -2.41. The molecule has 0 aliphatic carbocycles. The van der Waals surface area contributed by atoms with Crippen molar-refractivity contribution in [1.82, 2.24) is 9.80 Å². The molecule has 134 valence electrons. The predicted octanol–water partition coefficient (Wildman–Crippen LogP) is 1.02. The monoisotopic (exact) mass is 345 g/mol. The molecule has 6 nitrogen and oxygen atoms in total. The van der Waals surface area contributed by atoms with Gasteiger partial charge in [0.25, 0.3) is 0 Å². The van der Waals surface area contributed by atoms with Crippen molar-refractivity contribution in [2.24, 2.45) is 17.0 Å². The fourth-order valence-corrected chi connectivity index (χ4v) is 4.91. The number of rotatable bonds is 5. The molecule has 2 rings (SSSR count). The van der Waals surface area contributed by atoms with Gasteiger partial charge in [-0.2, -0.15) is 0 Å². The zero-order valence-electron chi connectivity index (χ0n) is 14.4. The zero-order valence-corrected chi connectivity index (χ0v) is 15.2. The first-order valence-electron chi connectivity index (χ1n) is 8.81. The summed E-state index contributed by atoms with van der Waals surface area (Å²) in [4.78, 5) is 17.2. The molecule has 0 radical (unpaired) electrons. The Morgan fingerprint density at radius 3 is 2.35 bits per heavy atom. The van der Waals surface area contributed by atoms with Gasteiger partial charge in [-0.05, 0) is 50.6 Å². The van der Waals surface area contributed by atoms with E-state index in [0.29, 0.717) is 6.54 Å². The minimum absolute atomic E-state index is 0.0210. The first kappa shape index (κ1) is 18.7. The lowest BCUT2D eigenvalue weighted by atomic mass is 9.95. The average Bonchev–Trinajstić information content (AvgIpc) is 2.46. The van der Waals surface area contributed by atoms with E-state index < -0.39 is 10.0 Å². The highest BCUT2D eigenvalue weighted by Gasteiger charge is 2.35. The lowest BCUT2D eigenvalue weighted by Crippen LogP contribution is -2.55. The molecule has 2 fully saturated rings. The number of nitrogens with zero attached hydrogens (tertiary/aromatic N) is 2. The summed E-state index contributed by atoms with van der Waals surface area (Å²) in [5.74, 6) is 0.379. The summed E-state index contributed by atoms with van der Waals surface area (Å²) in [7, 11) is -3.48. The first-order chi connectivity index (χ1) is 10.8. The number of sulfonamides is 1. The van der Waals surface area contributed by atoms with Crippen LogP contribution >= 0.6 is 0 Å². The van der Waals surface area contributed by atoms with Crippen LogP contribution in [0.4, 0.5) is 0 Å². The quantitative estimate of drug-likeness (QED) is 0.806. The summed E-state index contributed by atoms with van der Waals surface area (Å²) >= 11 is 0. The fraction of sp³-hybridized carbons (Fsp3) is 0.938. The lowest BCUT2D eigenvalue weighted by molar-refractivity contribution is -0.141. The maximum Gasteiger partial charge on any atom is 0.240 e. The molecule has 2 N–H and O–H groups in total. The van der Waals surface area contributed by atoms with Gasteiger partial charge in [-0.25, -0.2) is 13.6 Å². The van der Waals surface area contributed by atoms with Crippen molar-refractivity contribution in [3.8, 4) is 0 Å². The van der Waals surface area contributed by atoms with Crippen LogP contribution in [0.2, 0.25) is 0 Å². The van der Waals surface area contributed by atoms with E-state index in [-0.39, 0.29) is 29.5 Å². The number of carbonyl (C=O) groups excluding carboxylic acids is 1. The summed E-state index contributed by atoms with van der Waals surface area (Å²) in [6.45, 7) is 7.43. The number of likely N-dealkylation sites (tertiary alicyclic amines) is 2. The van der Waals surface area contributed by atoms with Gasteiger partial charge in [-0.1, -0.05) is 20.3 Å². The Kier molecular flexibility index (Phi) is 6.45. The minimum atomic E-state index is -3.48. The van der Waals surface area contributed by atoms with E-state index in [9.17, 15) is 13.2 Å². The van der Waals surface area contributed by atoms with Gasteiger partial charge in [0.2, 0.25) is 15.9 Å². The summed E-state index contributed by atoms with van der Waals surface area (Å²) in [6.07, 6.45) is 5.25. The molecule has 0 bridgehead atoms. The van der Waals surface area contributed by atoms with Crippen LogP contribution in [0, 0.1) is 11.8 Å². The summed E-state index contributed by atoms with van der Waals surface area (Å²) in [6, 6.07) is -0.0801. The van der Waals surface area contributed by atoms with Gasteiger partial charge in [0, 0.05) is 13.1 Å². The SMILES string of the molecule is CC(C)[C@@H](C(=O)N1CCC[C@H](CS(N)(=O)=O)C1)N1CCCCC1. The molecule has 0 spiro atoms. The van der Waals surface area contributed by atoms with E-state index in [2.05, 4.69) is 18.7 Å². The highest BCUT2D eigenvalue weighted by molar-refractivity contribution is 7.89. The maximum absolute atomic E-state index is 13.1. The van der Waals surface area contributed by atoms with Crippen LogP contribution in [-0.2, 0) is 14.8 Å². The van der Waals surface area contributed by atoms with Crippen molar-refractivity contribution < 1.29 is 13.2 Å². The molecule has 2 heterocycles. The highest BCUT2D eigenvalue weighted by Crippen LogP contribution is 2.23. The predicted molar refractivity (Wildman–Crippen MR) is 91.3 cm³/mol. The Morgan fingerprint density at radius 2 is 1.78 bits per heavy atom. The minimum Gasteiger partial charge on any atom is -0.341 e. The molecule has 0 aromatic carbocycles. The third-order valence-corrected chi connectivity index (χ3v) is 5.90. The Morgan fingerprint density at radius 1 is 1.13 bits per heavy atom. The van der Waals surface area contributed by atoms with E-state index in [1.54, 1.807) is 0 Å². The van der Waals surface area contributed by atoms with Crippen molar-refractivity contribution in [3.05, 3.63) is 0 Å². The Labute approximate surface area is 140 Å². The third-order valence-electron chi connectivity index (χ3n) is 4.97. The highest BCUT2D eigenvalue weighted by atomic mass is 32.2. The number of nitrogens with two attached hydrogens (primary N) is 1. The Bertz CT molecular complexity index is 501. The van der Waals surface area contributed by atoms with Crippen molar-refractivity contribution in [2.45, 2.75) is 52.0 Å². The fourth-order valence-electron chi connectivity index (χ4n) is 3.98. The molecule has 7 heteroatoms. The smallest absolute Gasteiger partial charge is 0.240 e. The van der Waals surface area contributed by atoms with E-state index in [0.717, 1.165) is 45.3 Å². The molecular formula is C16H31N3O3S. The second kappa shape index (κ2) is 7.94. The average molecular weight is 346 g/mol. The summed E-state index contributed by atoms with van der Waals surface area (Å²) in [5, 5.41) is 5.17. The van der Waals surface area contributed by atoms with E-state index >= 15 is 0 Å². The molecule has 2 aliphatic rings. The second-order valence-corrected chi connectivity index (χ2v) is 9.07. The third kappa shape index (κ3) is 5.43. The van der Waals surface area contributed by atoms with Gasteiger partial charge < -0.3 is 4.90 Å². The van der Waals surface area contributed by atoms with Crippen LogP contribution in [0.3, 0.4) is 0 Å². The summed E-state index contributed by atoms with van der Waals surface area (Å²) in [5.41, 5.74) is 0. The second-order valence-electron chi connectivity index (χ2n) is 7.41. The number of amides is 1. The van der Waals surface area contributed by atoms with Gasteiger partial charge in [-0.3, -0.25) is 9.69 Å². The first-order valence-corrected chi connectivity index (χ1v) is 10.5. The molecule has 0 unspecified atom stereocenters. The Balaban J connectivity index is 2.03. The molecule has 2 saturated heterocycles. The normalized spacial score (nSPS) is 25.6. The molecule has 23 heavy (non-hydrogen) atoms. The van der Waals surface area contributed by atoms with Crippen molar-refractivity contribution in [3.63, 3.8) is 0 Å². The number of piperidine rings is 2. The number of hydrogen-bond donors (Lipinski definition) is 1. The van der Waals surface area contributed by atoms with Crippen LogP contribution in [0.1, 0.15) is 46.0 Å². The number of carbonyl (C=O) groups is 1. The number of primary sulfonamides is 1. The number of hydrogen-bond acceptors (Lipinski definition) is 4. The van der Waals surface area contributed by atoms with Crippen LogP contribution in [-0.4, -0.2) is 62.1 Å². The molecule has 0 aromatic rings. The van der Waals surface area contributed by atoms with Crippen molar-refractivity contribution in [1.29, 1.82) is 0 Å². The topological polar surface area (TPSA) is 83.7 Å².